The second-order valence-corrected chi connectivity index (χ2v) is 9.35. The Morgan fingerprint density at radius 1 is 1.14 bits per heavy atom. The maximum absolute atomic E-state index is 12.8. The maximum Gasteiger partial charge on any atom is 0.253 e. The number of likely N-dealkylation sites (N-methyl/N-ethyl adjacent to an activating group) is 1. The van der Waals surface area contributed by atoms with Gasteiger partial charge in [0.05, 0.1) is 4.90 Å². The fourth-order valence-corrected chi connectivity index (χ4v) is 4.76. The Morgan fingerprint density at radius 3 is 2.43 bits per heavy atom. The van der Waals surface area contributed by atoms with E-state index in [1.807, 2.05) is 18.2 Å². The van der Waals surface area contributed by atoms with Gasteiger partial charge in [0.2, 0.25) is 10.0 Å². The second kappa shape index (κ2) is 8.84. The van der Waals surface area contributed by atoms with E-state index in [0.717, 1.165) is 18.5 Å². The molecule has 0 N–H and O–H groups in total. The van der Waals surface area contributed by atoms with Gasteiger partial charge >= 0.3 is 0 Å². The molecule has 1 aromatic heterocycles. The van der Waals surface area contributed by atoms with Crippen molar-refractivity contribution in [3.63, 3.8) is 0 Å². The Balaban J connectivity index is 1.63. The monoisotopic (exact) mass is 401 g/mol. The number of carbonyl (C=O) groups is 1. The van der Waals surface area contributed by atoms with Crippen molar-refractivity contribution in [2.45, 2.75) is 31.1 Å². The van der Waals surface area contributed by atoms with Gasteiger partial charge in [-0.1, -0.05) is 13.0 Å². The normalized spacial score (nSPS) is 16.1. The van der Waals surface area contributed by atoms with E-state index in [4.69, 9.17) is 0 Å². The van der Waals surface area contributed by atoms with Crippen LogP contribution in [0.3, 0.4) is 0 Å². The minimum absolute atomic E-state index is 0.133. The predicted octanol–water partition coefficient (Wildman–Crippen LogP) is 2.82. The number of aromatic nitrogens is 1. The number of amides is 1. The van der Waals surface area contributed by atoms with Crippen LogP contribution in [-0.4, -0.2) is 55.2 Å². The first-order valence-corrected chi connectivity index (χ1v) is 11.1. The summed E-state index contributed by atoms with van der Waals surface area (Å²) in [5.41, 5.74) is 1.41. The first-order valence-electron chi connectivity index (χ1n) is 9.63. The molecule has 0 unspecified atom stereocenters. The van der Waals surface area contributed by atoms with Crippen molar-refractivity contribution in [1.82, 2.24) is 14.2 Å². The van der Waals surface area contributed by atoms with Crippen molar-refractivity contribution in [3.8, 4) is 0 Å². The summed E-state index contributed by atoms with van der Waals surface area (Å²) < 4.78 is 27.1. The lowest BCUT2D eigenvalue weighted by Gasteiger charge is -2.29. The van der Waals surface area contributed by atoms with Crippen LogP contribution in [0.1, 0.15) is 35.8 Å². The molecule has 1 aliphatic heterocycles. The van der Waals surface area contributed by atoms with Gasteiger partial charge in [0.25, 0.3) is 5.91 Å². The molecule has 1 amide bonds. The second-order valence-electron chi connectivity index (χ2n) is 7.41. The Bertz CT molecular complexity index is 890. The fourth-order valence-electron chi connectivity index (χ4n) is 3.29. The van der Waals surface area contributed by atoms with Crippen molar-refractivity contribution in [2.24, 2.45) is 5.92 Å². The molecule has 0 aliphatic carbocycles. The third-order valence-electron chi connectivity index (χ3n) is 5.26. The van der Waals surface area contributed by atoms with Crippen LogP contribution in [0.15, 0.2) is 53.6 Å². The van der Waals surface area contributed by atoms with E-state index in [0.29, 0.717) is 37.5 Å². The minimum atomic E-state index is -3.49. The number of hydrogen-bond acceptors (Lipinski definition) is 4. The van der Waals surface area contributed by atoms with Crippen molar-refractivity contribution in [2.75, 3.05) is 26.7 Å². The molecule has 0 spiro atoms. The molecule has 3 rings (SSSR count). The molecule has 1 saturated heterocycles. The zero-order chi connectivity index (χ0) is 20.1. The number of sulfonamides is 1. The summed E-state index contributed by atoms with van der Waals surface area (Å²) in [5.74, 6) is 0.430. The first kappa shape index (κ1) is 20.5. The van der Waals surface area contributed by atoms with Gasteiger partial charge in [-0.25, -0.2) is 8.42 Å². The van der Waals surface area contributed by atoms with Crippen LogP contribution in [0.5, 0.6) is 0 Å². The molecule has 28 heavy (non-hydrogen) atoms. The molecule has 0 radical (unpaired) electrons. The summed E-state index contributed by atoms with van der Waals surface area (Å²) >= 11 is 0. The van der Waals surface area contributed by atoms with Gasteiger partial charge < -0.3 is 4.90 Å². The Morgan fingerprint density at radius 2 is 1.82 bits per heavy atom. The maximum atomic E-state index is 12.8. The van der Waals surface area contributed by atoms with E-state index < -0.39 is 10.0 Å². The molecule has 1 aliphatic rings. The molecule has 2 heterocycles. The fraction of sp³-hybridized carbons (Fsp3) is 0.429. The van der Waals surface area contributed by atoms with Gasteiger partial charge in [-0.3, -0.25) is 9.78 Å². The van der Waals surface area contributed by atoms with Gasteiger partial charge in [0, 0.05) is 50.6 Å². The summed E-state index contributed by atoms with van der Waals surface area (Å²) in [7, 11) is -1.75. The average Bonchev–Trinajstić information content (AvgIpc) is 2.72. The molecule has 7 heteroatoms. The summed E-state index contributed by atoms with van der Waals surface area (Å²) in [6.07, 6.45) is 4.18. The Labute approximate surface area is 167 Å². The van der Waals surface area contributed by atoms with E-state index in [9.17, 15) is 13.2 Å². The van der Waals surface area contributed by atoms with E-state index in [2.05, 4.69) is 11.9 Å². The molecule has 2 aromatic rings. The van der Waals surface area contributed by atoms with Gasteiger partial charge in [0.15, 0.2) is 0 Å². The van der Waals surface area contributed by atoms with Gasteiger partial charge in [-0.2, -0.15) is 4.31 Å². The lowest BCUT2D eigenvalue weighted by Crippen LogP contribution is -2.37. The molecule has 150 valence electrons. The number of nitrogens with zero attached hydrogens (tertiary/aromatic N) is 3. The molecule has 0 saturated carbocycles. The molecule has 1 fully saturated rings. The number of benzene rings is 1. The number of piperidine rings is 1. The Kier molecular flexibility index (Phi) is 6.46. The lowest BCUT2D eigenvalue weighted by atomic mass is 10.0. The standard InChI is InChI=1S/C21H27N3O3S/c1-17-10-15-24(16-11-17)28(26,27)20-8-6-18(7-9-20)21(25)23(2)14-12-19-5-3-4-13-22-19/h3-9,13,17H,10-12,14-16H2,1-2H3. The third-order valence-corrected chi connectivity index (χ3v) is 7.17. The number of hydrogen-bond donors (Lipinski definition) is 0. The van der Waals surface area contributed by atoms with Crippen LogP contribution in [0.2, 0.25) is 0 Å². The predicted molar refractivity (Wildman–Crippen MR) is 109 cm³/mol. The van der Waals surface area contributed by atoms with Crippen molar-refractivity contribution in [1.29, 1.82) is 0 Å². The van der Waals surface area contributed by atoms with Crippen molar-refractivity contribution in [3.05, 3.63) is 59.9 Å². The number of carbonyl (C=O) groups excluding carboxylic acids is 1. The van der Waals surface area contributed by atoms with Crippen LogP contribution in [0.4, 0.5) is 0 Å². The average molecular weight is 402 g/mol. The largest absolute Gasteiger partial charge is 0.341 e. The molecular formula is C21H27N3O3S. The van der Waals surface area contributed by atoms with E-state index >= 15 is 0 Å². The van der Waals surface area contributed by atoms with Crippen LogP contribution < -0.4 is 0 Å². The van der Waals surface area contributed by atoms with Crippen LogP contribution in [-0.2, 0) is 16.4 Å². The van der Waals surface area contributed by atoms with Crippen LogP contribution >= 0.6 is 0 Å². The van der Waals surface area contributed by atoms with Crippen molar-refractivity contribution >= 4 is 15.9 Å². The SMILES string of the molecule is CC1CCN(S(=O)(=O)c2ccc(C(=O)N(C)CCc3ccccn3)cc2)CC1. The van der Waals surface area contributed by atoms with Gasteiger partial charge in [-0.15, -0.1) is 0 Å². The minimum Gasteiger partial charge on any atom is -0.341 e. The highest BCUT2D eigenvalue weighted by Gasteiger charge is 2.28. The van der Waals surface area contributed by atoms with E-state index in [-0.39, 0.29) is 10.8 Å². The van der Waals surface area contributed by atoms with Gasteiger partial charge in [-0.05, 0) is 55.2 Å². The highest BCUT2D eigenvalue weighted by atomic mass is 32.2. The Hall–Kier alpha value is -2.25. The molecular weight excluding hydrogens is 374 g/mol. The quantitative estimate of drug-likeness (QED) is 0.746. The third kappa shape index (κ3) is 4.77. The highest BCUT2D eigenvalue weighted by Crippen LogP contribution is 2.23. The zero-order valence-electron chi connectivity index (χ0n) is 16.4. The van der Waals surface area contributed by atoms with E-state index in [1.165, 1.54) is 12.1 Å². The number of rotatable bonds is 6. The number of pyridine rings is 1. The molecule has 6 nitrogen and oxygen atoms in total. The smallest absolute Gasteiger partial charge is 0.253 e. The topological polar surface area (TPSA) is 70.6 Å². The van der Waals surface area contributed by atoms with Crippen molar-refractivity contribution < 1.29 is 13.2 Å². The van der Waals surface area contributed by atoms with E-state index in [1.54, 1.807) is 34.6 Å². The zero-order valence-corrected chi connectivity index (χ0v) is 17.2. The summed E-state index contributed by atoms with van der Waals surface area (Å²) in [5, 5.41) is 0. The summed E-state index contributed by atoms with van der Waals surface area (Å²) in [4.78, 5) is 18.7. The van der Waals surface area contributed by atoms with Crippen LogP contribution in [0.25, 0.3) is 0 Å². The molecule has 0 bridgehead atoms. The molecule has 0 atom stereocenters. The lowest BCUT2D eigenvalue weighted by molar-refractivity contribution is 0.0796. The van der Waals surface area contributed by atoms with Crippen LogP contribution in [0, 0.1) is 5.92 Å². The summed E-state index contributed by atoms with van der Waals surface area (Å²) in [6, 6.07) is 12.0. The first-order chi connectivity index (χ1) is 13.4. The van der Waals surface area contributed by atoms with Gasteiger partial charge in [0.1, 0.15) is 0 Å². The summed E-state index contributed by atoms with van der Waals surface area (Å²) in [6.45, 7) is 3.80. The highest BCUT2D eigenvalue weighted by molar-refractivity contribution is 7.89. The molecule has 1 aromatic carbocycles.